The lowest BCUT2D eigenvalue weighted by Crippen LogP contribution is -2.19. The fourth-order valence-corrected chi connectivity index (χ4v) is 3.41. The summed E-state index contributed by atoms with van der Waals surface area (Å²) < 4.78 is 19.3. The van der Waals surface area contributed by atoms with Gasteiger partial charge >= 0.3 is 0 Å². The van der Waals surface area contributed by atoms with Gasteiger partial charge in [-0.15, -0.1) is 11.8 Å². The highest BCUT2D eigenvalue weighted by Gasteiger charge is 2.18. The minimum Gasteiger partial charge on any atom is -0.451 e. The Labute approximate surface area is 152 Å². The maximum atomic E-state index is 13.8. The van der Waals surface area contributed by atoms with Crippen molar-refractivity contribution in [1.29, 1.82) is 0 Å². The molecule has 2 N–H and O–H groups in total. The number of thioether (sulfide) groups is 1. The van der Waals surface area contributed by atoms with Crippen molar-refractivity contribution in [3.8, 4) is 11.3 Å². The molecule has 0 unspecified atom stereocenters. The number of rotatable bonds is 3. The second-order valence-electron chi connectivity index (χ2n) is 5.65. The van der Waals surface area contributed by atoms with Crippen LogP contribution in [0.25, 0.3) is 11.3 Å². The Kier molecular flexibility index (Phi) is 4.22. The highest BCUT2D eigenvalue weighted by atomic mass is 32.2. The summed E-state index contributed by atoms with van der Waals surface area (Å²) in [5, 5.41) is 5.48. The van der Waals surface area contributed by atoms with Gasteiger partial charge in [0, 0.05) is 10.6 Å². The van der Waals surface area contributed by atoms with Gasteiger partial charge in [-0.3, -0.25) is 9.59 Å². The van der Waals surface area contributed by atoms with Crippen LogP contribution in [0.15, 0.2) is 63.9 Å². The van der Waals surface area contributed by atoms with Gasteiger partial charge in [0.25, 0.3) is 5.91 Å². The van der Waals surface area contributed by atoms with E-state index in [9.17, 15) is 14.0 Å². The quantitative estimate of drug-likeness (QED) is 0.720. The molecule has 0 saturated heterocycles. The van der Waals surface area contributed by atoms with E-state index >= 15 is 0 Å². The molecule has 2 aromatic carbocycles. The predicted octanol–water partition coefficient (Wildman–Crippen LogP) is 4.38. The molecule has 7 heteroatoms. The fraction of sp³-hybridized carbons (Fsp3) is 0.0526. The number of amides is 2. The third-order valence-corrected chi connectivity index (χ3v) is 4.91. The van der Waals surface area contributed by atoms with Crippen LogP contribution in [-0.2, 0) is 4.79 Å². The number of nitrogens with one attached hydrogen (secondary N) is 2. The van der Waals surface area contributed by atoms with Crippen LogP contribution in [0, 0.1) is 5.82 Å². The van der Waals surface area contributed by atoms with E-state index in [1.807, 2.05) is 6.07 Å². The first kappa shape index (κ1) is 16.4. The van der Waals surface area contributed by atoms with Crippen molar-refractivity contribution in [2.24, 2.45) is 0 Å². The molecule has 3 aromatic rings. The summed E-state index contributed by atoms with van der Waals surface area (Å²) in [5.74, 6) is -0.225. The van der Waals surface area contributed by atoms with E-state index < -0.39 is 11.7 Å². The molecule has 0 bridgehead atoms. The van der Waals surface area contributed by atoms with Crippen LogP contribution in [0.2, 0.25) is 0 Å². The van der Waals surface area contributed by atoms with Crippen molar-refractivity contribution >= 4 is 35.0 Å². The second-order valence-corrected chi connectivity index (χ2v) is 6.66. The maximum Gasteiger partial charge on any atom is 0.291 e. The third kappa shape index (κ3) is 3.21. The SMILES string of the molecule is O=C1CSc2ccc(NC(=O)c3ccc(-c4ccccc4F)o3)cc2N1. The highest BCUT2D eigenvalue weighted by Crippen LogP contribution is 2.33. The normalized spacial score (nSPS) is 13.0. The average Bonchev–Trinajstić information content (AvgIpc) is 3.12. The Morgan fingerprint density at radius 3 is 2.85 bits per heavy atom. The van der Waals surface area contributed by atoms with Crippen LogP contribution in [0.4, 0.5) is 15.8 Å². The van der Waals surface area contributed by atoms with Crippen LogP contribution < -0.4 is 10.6 Å². The average molecular weight is 368 g/mol. The number of benzene rings is 2. The number of halogens is 1. The Bertz CT molecular complexity index is 1020. The van der Waals surface area contributed by atoms with Crippen molar-refractivity contribution in [1.82, 2.24) is 0 Å². The van der Waals surface area contributed by atoms with Crippen molar-refractivity contribution in [3.63, 3.8) is 0 Å². The molecule has 1 aliphatic heterocycles. The molecule has 0 saturated carbocycles. The van der Waals surface area contributed by atoms with Crippen LogP contribution in [0.5, 0.6) is 0 Å². The van der Waals surface area contributed by atoms with Gasteiger partial charge in [-0.1, -0.05) is 12.1 Å². The Morgan fingerprint density at radius 1 is 1.15 bits per heavy atom. The molecule has 0 fully saturated rings. The minimum atomic E-state index is -0.456. The van der Waals surface area contributed by atoms with Crippen LogP contribution in [-0.4, -0.2) is 17.6 Å². The zero-order chi connectivity index (χ0) is 18.1. The summed E-state index contributed by atoms with van der Waals surface area (Å²) in [6.45, 7) is 0. The first-order valence-corrected chi connectivity index (χ1v) is 8.81. The van der Waals surface area contributed by atoms with E-state index in [-0.39, 0.29) is 17.4 Å². The molecule has 2 amide bonds. The lowest BCUT2D eigenvalue weighted by atomic mass is 10.1. The van der Waals surface area contributed by atoms with Gasteiger partial charge in [-0.05, 0) is 42.5 Å². The van der Waals surface area contributed by atoms with Crippen molar-refractivity contribution < 1.29 is 18.4 Å². The minimum absolute atomic E-state index is 0.0689. The fourth-order valence-electron chi connectivity index (χ4n) is 2.62. The summed E-state index contributed by atoms with van der Waals surface area (Å²) in [7, 11) is 0. The molecule has 0 spiro atoms. The van der Waals surface area contributed by atoms with Crippen molar-refractivity contribution in [3.05, 3.63) is 66.2 Å². The molecule has 0 atom stereocenters. The number of carbonyl (C=O) groups excluding carboxylic acids is 2. The lowest BCUT2D eigenvalue weighted by Gasteiger charge is -2.17. The monoisotopic (exact) mass is 368 g/mol. The predicted molar refractivity (Wildman–Crippen MR) is 97.9 cm³/mol. The van der Waals surface area contributed by atoms with Gasteiger partial charge in [0.05, 0.1) is 17.0 Å². The summed E-state index contributed by atoms with van der Waals surface area (Å²) in [5.41, 5.74) is 1.48. The molecule has 1 aliphatic rings. The van der Waals surface area contributed by atoms with E-state index in [2.05, 4.69) is 10.6 Å². The van der Waals surface area contributed by atoms with Crippen LogP contribution in [0.1, 0.15) is 10.6 Å². The smallest absolute Gasteiger partial charge is 0.291 e. The highest BCUT2D eigenvalue weighted by molar-refractivity contribution is 8.00. The topological polar surface area (TPSA) is 71.3 Å². The van der Waals surface area contributed by atoms with Crippen molar-refractivity contribution in [2.75, 3.05) is 16.4 Å². The maximum absolute atomic E-state index is 13.8. The first-order chi connectivity index (χ1) is 12.6. The standard InChI is InChI=1S/C19H13FN2O3S/c20-13-4-2-1-3-12(13)15-6-7-16(25-15)19(24)21-11-5-8-17-14(9-11)22-18(23)10-26-17/h1-9H,10H2,(H,21,24)(H,22,23). The van der Waals surface area contributed by atoms with Crippen LogP contribution >= 0.6 is 11.8 Å². The molecule has 0 radical (unpaired) electrons. The zero-order valence-electron chi connectivity index (χ0n) is 13.4. The molecule has 130 valence electrons. The van der Waals surface area contributed by atoms with E-state index in [1.54, 1.807) is 36.4 Å². The number of hydrogen-bond acceptors (Lipinski definition) is 4. The van der Waals surface area contributed by atoms with Gasteiger partial charge in [-0.25, -0.2) is 4.39 Å². The van der Waals surface area contributed by atoms with Gasteiger partial charge < -0.3 is 15.1 Å². The van der Waals surface area contributed by atoms with E-state index in [0.29, 0.717) is 22.7 Å². The number of hydrogen-bond donors (Lipinski definition) is 2. The number of fused-ring (bicyclic) bond motifs is 1. The number of anilines is 2. The lowest BCUT2D eigenvalue weighted by molar-refractivity contribution is -0.113. The summed E-state index contributed by atoms with van der Waals surface area (Å²) >= 11 is 1.44. The second kappa shape index (κ2) is 6.68. The third-order valence-electron chi connectivity index (χ3n) is 3.84. The van der Waals surface area contributed by atoms with Crippen LogP contribution in [0.3, 0.4) is 0 Å². The Hall–Kier alpha value is -3.06. The molecule has 5 nitrogen and oxygen atoms in total. The summed E-state index contributed by atoms with van der Waals surface area (Å²) in [6.07, 6.45) is 0. The molecule has 0 aliphatic carbocycles. The summed E-state index contributed by atoms with van der Waals surface area (Å²) in [4.78, 5) is 24.8. The Balaban J connectivity index is 1.53. The van der Waals surface area contributed by atoms with Crippen molar-refractivity contribution in [2.45, 2.75) is 4.90 Å². The molecule has 1 aromatic heterocycles. The van der Waals surface area contributed by atoms with Gasteiger partial charge in [-0.2, -0.15) is 0 Å². The molecular formula is C19H13FN2O3S. The largest absolute Gasteiger partial charge is 0.451 e. The summed E-state index contributed by atoms with van der Waals surface area (Å²) in [6, 6.07) is 14.5. The Morgan fingerprint density at radius 2 is 2.00 bits per heavy atom. The van der Waals surface area contributed by atoms with E-state index in [1.165, 1.54) is 23.9 Å². The number of furan rings is 1. The van der Waals surface area contributed by atoms with Gasteiger partial charge in [0.1, 0.15) is 11.6 Å². The van der Waals surface area contributed by atoms with Gasteiger partial charge in [0.15, 0.2) is 5.76 Å². The van der Waals surface area contributed by atoms with E-state index in [0.717, 1.165) is 4.90 Å². The number of carbonyl (C=O) groups is 2. The zero-order valence-corrected chi connectivity index (χ0v) is 14.2. The molecule has 26 heavy (non-hydrogen) atoms. The molecular weight excluding hydrogens is 355 g/mol. The van der Waals surface area contributed by atoms with Gasteiger partial charge in [0.2, 0.25) is 5.91 Å². The molecule has 2 heterocycles. The molecule has 4 rings (SSSR count). The first-order valence-electron chi connectivity index (χ1n) is 7.83. The van der Waals surface area contributed by atoms with E-state index in [4.69, 9.17) is 4.42 Å².